The second-order valence-corrected chi connectivity index (χ2v) is 6.73. The van der Waals surface area contributed by atoms with E-state index in [1.165, 1.54) is 43.4 Å². The van der Waals surface area contributed by atoms with Gasteiger partial charge < -0.3 is 5.32 Å². The van der Waals surface area contributed by atoms with Gasteiger partial charge in [0.25, 0.3) is 0 Å². The molecule has 1 aliphatic carbocycles. The van der Waals surface area contributed by atoms with Crippen LogP contribution in [-0.2, 0) is 6.54 Å². The number of hydrogen-bond acceptors (Lipinski definition) is 4. The summed E-state index contributed by atoms with van der Waals surface area (Å²) in [5.41, 5.74) is 0. The first-order valence-electron chi connectivity index (χ1n) is 7.68. The highest BCUT2D eigenvalue weighted by Gasteiger charge is 2.17. The molecular weight excluding hydrogens is 254 g/mol. The SMILES string of the molecule is CCCNc1ncc(CN(C)C2CCCCCC2)s1. The van der Waals surface area contributed by atoms with Crippen LogP contribution in [-0.4, -0.2) is 29.5 Å². The van der Waals surface area contributed by atoms with Gasteiger partial charge in [0.1, 0.15) is 0 Å². The van der Waals surface area contributed by atoms with Crippen molar-refractivity contribution in [3.63, 3.8) is 0 Å². The largest absolute Gasteiger partial charge is 0.362 e. The van der Waals surface area contributed by atoms with Gasteiger partial charge in [0.2, 0.25) is 0 Å². The minimum absolute atomic E-state index is 0.775. The van der Waals surface area contributed by atoms with Crippen LogP contribution >= 0.6 is 11.3 Å². The summed E-state index contributed by atoms with van der Waals surface area (Å²) < 4.78 is 0. The van der Waals surface area contributed by atoms with Crippen LogP contribution in [0.1, 0.15) is 56.7 Å². The van der Waals surface area contributed by atoms with Crippen molar-refractivity contribution in [3.05, 3.63) is 11.1 Å². The number of nitrogens with one attached hydrogen (secondary N) is 1. The number of nitrogens with zero attached hydrogens (tertiary/aromatic N) is 2. The van der Waals surface area contributed by atoms with Gasteiger partial charge in [0, 0.05) is 30.2 Å². The fraction of sp³-hybridized carbons (Fsp3) is 0.800. The van der Waals surface area contributed by atoms with Gasteiger partial charge in [-0.15, -0.1) is 11.3 Å². The number of hydrogen-bond donors (Lipinski definition) is 1. The van der Waals surface area contributed by atoms with Crippen molar-refractivity contribution < 1.29 is 0 Å². The molecule has 3 nitrogen and oxygen atoms in total. The molecule has 1 N–H and O–H groups in total. The highest BCUT2D eigenvalue weighted by atomic mass is 32.1. The van der Waals surface area contributed by atoms with Gasteiger partial charge >= 0.3 is 0 Å². The molecule has 0 amide bonds. The second kappa shape index (κ2) is 7.85. The molecule has 0 bridgehead atoms. The van der Waals surface area contributed by atoms with E-state index in [0.717, 1.165) is 30.7 Å². The van der Waals surface area contributed by atoms with Crippen LogP contribution in [0.4, 0.5) is 5.13 Å². The molecule has 0 radical (unpaired) electrons. The average molecular weight is 281 g/mol. The van der Waals surface area contributed by atoms with E-state index in [1.807, 2.05) is 6.20 Å². The van der Waals surface area contributed by atoms with E-state index in [4.69, 9.17) is 0 Å². The summed E-state index contributed by atoms with van der Waals surface area (Å²) in [5, 5.41) is 4.44. The topological polar surface area (TPSA) is 28.2 Å². The Hall–Kier alpha value is -0.610. The maximum Gasteiger partial charge on any atom is 0.182 e. The molecule has 19 heavy (non-hydrogen) atoms. The molecule has 0 aromatic carbocycles. The molecule has 1 aromatic heterocycles. The first kappa shape index (κ1) is 14.8. The summed E-state index contributed by atoms with van der Waals surface area (Å²) in [7, 11) is 2.27. The van der Waals surface area contributed by atoms with Crippen LogP contribution in [0.15, 0.2) is 6.20 Å². The maximum atomic E-state index is 4.45. The smallest absolute Gasteiger partial charge is 0.182 e. The van der Waals surface area contributed by atoms with Crippen molar-refractivity contribution in [2.45, 2.75) is 64.5 Å². The Morgan fingerprint density at radius 2 is 2.05 bits per heavy atom. The molecule has 2 rings (SSSR count). The third-order valence-corrected chi connectivity index (χ3v) is 4.87. The van der Waals surface area contributed by atoms with Gasteiger partial charge in [0.05, 0.1) is 0 Å². The van der Waals surface area contributed by atoms with E-state index in [0.29, 0.717) is 0 Å². The van der Waals surface area contributed by atoms with Gasteiger partial charge in [0.15, 0.2) is 5.13 Å². The van der Waals surface area contributed by atoms with Gasteiger partial charge in [-0.05, 0) is 26.3 Å². The van der Waals surface area contributed by atoms with Gasteiger partial charge in [-0.3, -0.25) is 4.90 Å². The van der Waals surface area contributed by atoms with Crippen molar-refractivity contribution in [2.75, 3.05) is 18.9 Å². The Kier molecular flexibility index (Phi) is 6.11. The molecule has 4 heteroatoms. The van der Waals surface area contributed by atoms with E-state index in [1.54, 1.807) is 11.3 Å². The summed E-state index contributed by atoms with van der Waals surface area (Å²) in [4.78, 5) is 8.36. The lowest BCUT2D eigenvalue weighted by molar-refractivity contribution is 0.214. The Morgan fingerprint density at radius 1 is 1.32 bits per heavy atom. The van der Waals surface area contributed by atoms with Crippen molar-refractivity contribution in [1.29, 1.82) is 0 Å². The van der Waals surface area contributed by atoms with Crippen LogP contribution in [0.5, 0.6) is 0 Å². The standard InChI is InChI=1S/C15H27N3S/c1-3-10-16-15-17-11-14(19-15)12-18(2)13-8-6-4-5-7-9-13/h11,13H,3-10,12H2,1-2H3,(H,16,17). The molecule has 1 heterocycles. The summed E-state index contributed by atoms with van der Waals surface area (Å²) >= 11 is 1.81. The zero-order chi connectivity index (χ0) is 13.5. The fourth-order valence-corrected chi connectivity index (χ4v) is 3.67. The third kappa shape index (κ3) is 4.77. The molecule has 0 aliphatic heterocycles. The predicted molar refractivity (Wildman–Crippen MR) is 83.9 cm³/mol. The number of anilines is 1. The lowest BCUT2D eigenvalue weighted by atomic mass is 10.1. The zero-order valence-corrected chi connectivity index (χ0v) is 13.1. The summed E-state index contributed by atoms with van der Waals surface area (Å²) in [6.45, 7) is 4.25. The Labute approximate surface area is 121 Å². The third-order valence-electron chi connectivity index (χ3n) is 3.93. The molecule has 1 fully saturated rings. The Bertz CT molecular complexity index is 356. The van der Waals surface area contributed by atoms with E-state index in [9.17, 15) is 0 Å². The molecular formula is C15H27N3S. The zero-order valence-electron chi connectivity index (χ0n) is 12.3. The van der Waals surface area contributed by atoms with Crippen LogP contribution in [0.25, 0.3) is 0 Å². The average Bonchev–Trinajstić information content (AvgIpc) is 2.68. The quantitative estimate of drug-likeness (QED) is 0.795. The molecule has 1 aliphatic rings. The normalized spacial score (nSPS) is 17.6. The number of rotatable bonds is 6. The van der Waals surface area contributed by atoms with Crippen molar-refractivity contribution in [2.24, 2.45) is 0 Å². The van der Waals surface area contributed by atoms with Gasteiger partial charge in [-0.25, -0.2) is 4.98 Å². The summed E-state index contributed by atoms with van der Waals surface area (Å²) in [5.74, 6) is 0. The molecule has 108 valence electrons. The fourth-order valence-electron chi connectivity index (χ4n) is 2.77. The summed E-state index contributed by atoms with van der Waals surface area (Å²) in [6, 6.07) is 0.775. The first-order chi connectivity index (χ1) is 9.29. The maximum absolute atomic E-state index is 4.45. The van der Waals surface area contributed by atoms with Crippen molar-refractivity contribution in [3.8, 4) is 0 Å². The molecule has 1 aromatic rings. The van der Waals surface area contributed by atoms with Gasteiger partial charge in [-0.1, -0.05) is 32.6 Å². The number of aromatic nitrogens is 1. The van der Waals surface area contributed by atoms with Crippen molar-refractivity contribution in [1.82, 2.24) is 9.88 Å². The van der Waals surface area contributed by atoms with E-state index >= 15 is 0 Å². The molecule has 0 saturated heterocycles. The van der Waals surface area contributed by atoms with E-state index in [-0.39, 0.29) is 0 Å². The lowest BCUT2D eigenvalue weighted by Crippen LogP contribution is -2.30. The molecule has 0 spiro atoms. The highest BCUT2D eigenvalue weighted by Crippen LogP contribution is 2.24. The van der Waals surface area contributed by atoms with E-state index < -0.39 is 0 Å². The Morgan fingerprint density at radius 3 is 2.74 bits per heavy atom. The highest BCUT2D eigenvalue weighted by molar-refractivity contribution is 7.15. The van der Waals surface area contributed by atoms with Crippen LogP contribution in [0.2, 0.25) is 0 Å². The summed E-state index contributed by atoms with van der Waals surface area (Å²) in [6.07, 6.45) is 11.6. The first-order valence-corrected chi connectivity index (χ1v) is 8.50. The Balaban J connectivity index is 1.83. The van der Waals surface area contributed by atoms with Crippen LogP contribution in [0.3, 0.4) is 0 Å². The minimum Gasteiger partial charge on any atom is -0.362 e. The predicted octanol–water partition coefficient (Wildman–Crippen LogP) is 4.12. The van der Waals surface area contributed by atoms with Crippen LogP contribution in [0, 0.1) is 0 Å². The molecule has 1 saturated carbocycles. The lowest BCUT2D eigenvalue weighted by Gasteiger charge is -2.26. The molecule has 0 atom stereocenters. The van der Waals surface area contributed by atoms with Gasteiger partial charge in [-0.2, -0.15) is 0 Å². The monoisotopic (exact) mass is 281 g/mol. The number of thiazole rings is 1. The van der Waals surface area contributed by atoms with Crippen molar-refractivity contribution >= 4 is 16.5 Å². The van der Waals surface area contributed by atoms with E-state index in [2.05, 4.69) is 29.2 Å². The second-order valence-electron chi connectivity index (χ2n) is 5.62. The minimum atomic E-state index is 0.775. The molecule has 0 unspecified atom stereocenters. The van der Waals surface area contributed by atoms with Crippen LogP contribution < -0.4 is 5.32 Å².